The van der Waals surface area contributed by atoms with Crippen LogP contribution in [0.2, 0.25) is 0 Å². The number of aliphatic hydroxyl groups excluding tert-OH is 2. The van der Waals surface area contributed by atoms with Crippen molar-refractivity contribution >= 4 is 68.1 Å². The maximum absolute atomic E-state index is 15.4. The zero-order valence-corrected chi connectivity index (χ0v) is 40.6. The molecule has 2 fully saturated rings. The fourth-order valence-corrected chi connectivity index (χ4v) is 10.7. The number of methoxy groups -OCH3 is 3. The Kier molecular flexibility index (Phi) is 16.6. The second-order valence-electron chi connectivity index (χ2n) is 16.8. The lowest BCUT2D eigenvalue weighted by Gasteiger charge is -2.51. The Morgan fingerprint density at radius 1 is 1.10 bits per heavy atom. The number of ether oxygens (including phenoxy) is 7. The molecule has 0 saturated carbocycles. The Morgan fingerprint density at radius 2 is 1.88 bits per heavy atom. The number of nitrogens with zero attached hydrogens (tertiary/aromatic N) is 1. The van der Waals surface area contributed by atoms with Gasteiger partial charge < -0.3 is 53.7 Å². The summed E-state index contributed by atoms with van der Waals surface area (Å²) in [5.74, 6) is 10.2. The van der Waals surface area contributed by atoms with Gasteiger partial charge in [-0.1, -0.05) is 55.4 Å². The number of allylic oxidation sites excluding steroid dienone is 3. The predicted octanol–water partition coefficient (Wildman–Crippen LogP) is 4.36. The smallest absolute Gasteiger partial charge is 0.411 e. The number of amides is 1. The first-order valence-electron chi connectivity index (χ1n) is 22.1. The summed E-state index contributed by atoms with van der Waals surface area (Å²) in [5.41, 5.74) is 1.26. The molecule has 1 amide bonds. The van der Waals surface area contributed by atoms with Crippen LogP contribution in [-0.2, 0) is 38.0 Å². The van der Waals surface area contributed by atoms with Crippen molar-refractivity contribution in [3.05, 3.63) is 71.2 Å². The number of rotatable bonds is 14. The van der Waals surface area contributed by atoms with Gasteiger partial charge in [0, 0.05) is 66.7 Å². The van der Waals surface area contributed by atoms with Crippen molar-refractivity contribution in [3.8, 4) is 29.4 Å². The first-order valence-corrected chi connectivity index (χ1v) is 24.3. The Hall–Kier alpha value is -5.03. The molecular weight excluding hydrogens is 917 g/mol. The summed E-state index contributed by atoms with van der Waals surface area (Å²) in [6, 6.07) is 7.24. The van der Waals surface area contributed by atoms with Crippen LogP contribution in [0.4, 0.5) is 4.79 Å². The van der Waals surface area contributed by atoms with Crippen molar-refractivity contribution in [1.29, 1.82) is 0 Å². The molecule has 2 saturated heterocycles. The number of aromatic amines is 1. The van der Waals surface area contributed by atoms with Gasteiger partial charge in [0.15, 0.2) is 23.5 Å². The second-order valence-corrected chi connectivity index (χ2v) is 19.1. The molecule has 5 N–H and O–H groups in total. The number of hydrogen-bond acceptors (Lipinski definition) is 17. The van der Waals surface area contributed by atoms with Gasteiger partial charge in [-0.2, -0.15) is 0 Å². The summed E-state index contributed by atoms with van der Waals surface area (Å²) in [6.45, 7) is 7.25. The number of carbonyl (C=O) groups excluding carboxylic acids is 4. The Balaban J connectivity index is 1.35. The first-order chi connectivity index (χ1) is 32.6. The standard InChI is InChI=1S/C49H56N4O13S2/c1-25(2)51-34-24-63-39(23-38(34)61-6)66-44-46(58)49(67-8,45(57)43-42-29(17-19-50-43)32-21-28(60-5)15-16-33(32)52-42)26(3)64-47(44)65-37-14-12-10-9-11-13-31-40(37)30(18-20-68-27(4)54)35(55)22-36(56)41(31)53-48(59)62-7/h9-10,15-19,21,25-26,34-35,37-40,44,46-47,51-52,55,58H,20,22-24H2,1-8H3,(H,53,59)/b10-9-,30-18-/t26?,34?,35-,37-,38?,39?,40?,44?,46?,47?,49?/m0/s1. The highest BCUT2D eigenvalue weighted by Crippen LogP contribution is 2.46. The van der Waals surface area contributed by atoms with Gasteiger partial charge >= 0.3 is 6.09 Å². The minimum Gasteiger partial charge on any atom is -0.497 e. The number of thioether (sulfide) groups is 2. The number of pyridine rings is 1. The molecule has 9 unspecified atom stereocenters. The van der Waals surface area contributed by atoms with Crippen molar-refractivity contribution in [1.82, 2.24) is 20.6 Å². The molecule has 2 aromatic heterocycles. The molecule has 4 heterocycles. The summed E-state index contributed by atoms with van der Waals surface area (Å²) in [7, 11) is 4.30. The Bertz CT molecular complexity index is 2640. The number of H-pyrrole nitrogens is 1. The highest BCUT2D eigenvalue weighted by molar-refractivity contribution is 8.13. The third kappa shape index (κ3) is 10.4. The number of aliphatic hydroxyl groups is 2. The van der Waals surface area contributed by atoms with E-state index in [4.69, 9.17) is 33.2 Å². The van der Waals surface area contributed by atoms with Gasteiger partial charge in [0.05, 0.1) is 62.3 Å². The third-order valence-electron chi connectivity index (χ3n) is 12.4. The number of ketones is 2. The summed E-state index contributed by atoms with van der Waals surface area (Å²) in [5, 5.41) is 32.1. The summed E-state index contributed by atoms with van der Waals surface area (Å²) < 4.78 is 41.2. The highest BCUT2D eigenvalue weighted by Gasteiger charge is 2.61. The number of fused-ring (bicyclic) bond motifs is 4. The van der Waals surface area contributed by atoms with Crippen LogP contribution in [0.3, 0.4) is 0 Å². The monoisotopic (exact) mass is 972 g/mol. The van der Waals surface area contributed by atoms with E-state index in [0.717, 1.165) is 41.5 Å². The number of alkyl carbamates (subject to hydrolysis) is 1. The zero-order chi connectivity index (χ0) is 48.9. The molecule has 11 atom stereocenters. The summed E-state index contributed by atoms with van der Waals surface area (Å²) in [4.78, 5) is 62.1. The fourth-order valence-electron chi connectivity index (χ4n) is 9.12. The summed E-state index contributed by atoms with van der Waals surface area (Å²) >= 11 is 2.05. The minimum atomic E-state index is -1.78. The molecule has 19 heteroatoms. The molecule has 3 aromatic rings. The number of Topliss-reactive ketones (excluding diaryl/α,β-unsaturated/α-hetero) is 2. The fraction of sp³-hybridized carbons (Fsp3) is 0.490. The highest BCUT2D eigenvalue weighted by atomic mass is 32.2. The molecule has 17 nitrogen and oxygen atoms in total. The van der Waals surface area contributed by atoms with E-state index in [9.17, 15) is 24.6 Å². The lowest BCUT2D eigenvalue weighted by molar-refractivity contribution is -0.326. The number of benzene rings is 1. The number of carbonyl (C=O) groups is 4. The molecule has 68 heavy (non-hydrogen) atoms. The molecule has 0 radical (unpaired) electrons. The van der Waals surface area contributed by atoms with Crippen LogP contribution >= 0.6 is 23.5 Å². The van der Waals surface area contributed by atoms with Crippen LogP contribution < -0.4 is 15.4 Å². The minimum absolute atomic E-state index is 0.0368. The topological polar surface area (TPSA) is 226 Å². The van der Waals surface area contributed by atoms with E-state index in [0.29, 0.717) is 16.7 Å². The second kappa shape index (κ2) is 22.2. The molecule has 4 aliphatic rings. The summed E-state index contributed by atoms with van der Waals surface area (Å²) in [6.07, 6.45) is -3.44. The maximum atomic E-state index is 15.4. The molecule has 7 rings (SSSR count). The van der Waals surface area contributed by atoms with Crippen LogP contribution in [0.1, 0.15) is 51.0 Å². The van der Waals surface area contributed by atoms with Gasteiger partial charge in [0.2, 0.25) is 5.78 Å². The molecule has 362 valence electrons. The quantitative estimate of drug-likeness (QED) is 0.0860. The molecule has 0 bridgehead atoms. The average molecular weight is 973 g/mol. The van der Waals surface area contributed by atoms with Crippen molar-refractivity contribution in [2.45, 2.75) is 107 Å². The molecule has 0 spiro atoms. The largest absolute Gasteiger partial charge is 0.497 e. The number of nitrogens with one attached hydrogen (secondary N) is 3. The van der Waals surface area contributed by atoms with E-state index >= 15 is 4.79 Å². The Morgan fingerprint density at radius 3 is 2.59 bits per heavy atom. The van der Waals surface area contributed by atoms with Crippen molar-refractivity contribution in [2.75, 3.05) is 39.9 Å². The van der Waals surface area contributed by atoms with Crippen LogP contribution in [0.15, 0.2) is 65.5 Å². The van der Waals surface area contributed by atoms with E-state index in [1.807, 2.05) is 26.0 Å². The van der Waals surface area contributed by atoms with E-state index in [-0.39, 0.29) is 64.6 Å². The maximum Gasteiger partial charge on any atom is 0.411 e. The average Bonchev–Trinajstić information content (AvgIpc) is 3.70. The predicted molar refractivity (Wildman–Crippen MR) is 256 cm³/mol. The number of hydrogen-bond donors (Lipinski definition) is 5. The van der Waals surface area contributed by atoms with E-state index in [1.54, 1.807) is 45.6 Å². The van der Waals surface area contributed by atoms with Gasteiger partial charge in [-0.05, 0) is 55.2 Å². The Labute approximate surface area is 402 Å². The van der Waals surface area contributed by atoms with Crippen molar-refractivity contribution < 1.29 is 62.5 Å². The molecular formula is C49H56N4O13S2. The van der Waals surface area contributed by atoms with Crippen LogP contribution in [-0.4, -0.2) is 149 Å². The van der Waals surface area contributed by atoms with Crippen molar-refractivity contribution in [2.24, 2.45) is 5.92 Å². The van der Waals surface area contributed by atoms with Gasteiger partial charge in [-0.15, -0.1) is 11.8 Å². The lowest BCUT2D eigenvalue weighted by Crippen LogP contribution is -2.69. The van der Waals surface area contributed by atoms with Gasteiger partial charge in [-0.25, -0.2) is 4.79 Å². The van der Waals surface area contributed by atoms with Crippen molar-refractivity contribution in [3.63, 3.8) is 0 Å². The molecule has 2 aliphatic heterocycles. The van der Waals surface area contributed by atoms with Gasteiger partial charge in [-0.3, -0.25) is 24.7 Å². The number of aromatic nitrogens is 2. The van der Waals surface area contributed by atoms with Gasteiger partial charge in [0.25, 0.3) is 0 Å². The van der Waals surface area contributed by atoms with E-state index in [1.165, 1.54) is 25.3 Å². The lowest BCUT2D eigenvalue weighted by atomic mass is 9.82. The van der Waals surface area contributed by atoms with E-state index in [2.05, 4.69) is 44.3 Å². The zero-order valence-electron chi connectivity index (χ0n) is 38.9. The molecule has 1 aromatic carbocycles. The third-order valence-corrected chi connectivity index (χ3v) is 14.5. The SMILES string of the molecule is COC(=O)NC1=C2C#C/C=C\C#C[C@H](OC3OC(C)C(SC)(C(=O)c4nccc5c4[nH]c4ccc(OC)cc45)C(O)C3OC3CC(OC)C(NC(C)C)CO3)C2/C(=C\CSC(C)=O)[C@@H](O)CC1=O. The van der Waals surface area contributed by atoms with Crippen LogP contribution in [0.5, 0.6) is 5.75 Å². The van der Waals surface area contributed by atoms with Gasteiger partial charge in [0.1, 0.15) is 34.5 Å². The van der Waals surface area contributed by atoms with Crippen LogP contribution in [0, 0.1) is 29.6 Å². The normalized spacial score (nSPS) is 30.5. The van der Waals surface area contributed by atoms with Crippen LogP contribution in [0.25, 0.3) is 21.8 Å². The molecule has 2 aliphatic carbocycles. The first kappa shape index (κ1) is 50.8. The van der Waals surface area contributed by atoms with E-state index < -0.39 is 77.8 Å².